The van der Waals surface area contributed by atoms with Crippen LogP contribution < -0.4 is 10.6 Å². The van der Waals surface area contributed by atoms with E-state index in [2.05, 4.69) is 10.6 Å². The second kappa shape index (κ2) is 19.8. The Morgan fingerprint density at radius 3 is 2.06 bits per heavy atom. The Kier molecular flexibility index (Phi) is 15.3. The number of nitrogens with one attached hydrogen (secondary N) is 2. The van der Waals surface area contributed by atoms with Crippen LogP contribution in [0.5, 0.6) is 0 Å². The number of carboxylic acids is 1. The molecule has 3 amide bonds. The molecule has 1 fully saturated rings. The largest absolute Gasteiger partial charge is 0.481 e. The number of nitrogens with zero attached hydrogens (tertiary/aromatic N) is 1. The van der Waals surface area contributed by atoms with Gasteiger partial charge in [-0.25, -0.2) is 8.78 Å². The molecular formula is C41H51F2N3O6. The summed E-state index contributed by atoms with van der Waals surface area (Å²) in [6.45, 7) is 5.49. The first-order valence-corrected chi connectivity index (χ1v) is 18.3. The Morgan fingerprint density at radius 2 is 1.44 bits per heavy atom. The van der Waals surface area contributed by atoms with Gasteiger partial charge in [-0.3, -0.25) is 19.2 Å². The fourth-order valence-electron chi connectivity index (χ4n) is 6.99. The number of aliphatic hydroxyl groups excluding tert-OH is 1. The number of aliphatic hydroxyl groups is 1. The number of hydrogen-bond donors (Lipinski definition) is 4. The number of hydrogen-bond acceptors (Lipinski definition) is 5. The lowest BCUT2D eigenvalue weighted by Gasteiger charge is -2.29. The number of benzene rings is 3. The highest BCUT2D eigenvalue weighted by atomic mass is 19.1. The molecule has 0 spiro atoms. The lowest BCUT2D eigenvalue weighted by Crippen LogP contribution is -2.47. The van der Waals surface area contributed by atoms with Gasteiger partial charge < -0.3 is 25.7 Å². The van der Waals surface area contributed by atoms with Crippen LogP contribution in [0.1, 0.15) is 90.6 Å². The molecular weight excluding hydrogens is 668 g/mol. The molecule has 0 aliphatic heterocycles. The lowest BCUT2D eigenvalue weighted by molar-refractivity contribution is -0.143. The molecule has 0 radical (unpaired) electrons. The first-order chi connectivity index (χ1) is 25.0. The summed E-state index contributed by atoms with van der Waals surface area (Å²) in [4.78, 5) is 53.9. The highest BCUT2D eigenvalue weighted by Gasteiger charge is 2.31. The van der Waals surface area contributed by atoms with Crippen molar-refractivity contribution in [2.45, 2.75) is 83.8 Å². The zero-order valence-corrected chi connectivity index (χ0v) is 30.0. The first-order valence-electron chi connectivity index (χ1n) is 18.3. The van der Waals surface area contributed by atoms with E-state index in [4.69, 9.17) is 0 Å². The van der Waals surface area contributed by atoms with Crippen molar-refractivity contribution in [2.24, 2.45) is 17.8 Å². The summed E-state index contributed by atoms with van der Waals surface area (Å²) in [5, 5.41) is 26.9. The van der Waals surface area contributed by atoms with Crippen molar-refractivity contribution < 1.29 is 38.2 Å². The molecule has 9 nitrogen and oxygen atoms in total. The summed E-state index contributed by atoms with van der Waals surface area (Å²) in [7, 11) is 0. The zero-order chi connectivity index (χ0) is 37.6. The third kappa shape index (κ3) is 12.0. The van der Waals surface area contributed by atoms with Gasteiger partial charge in [-0.2, -0.15) is 0 Å². The van der Waals surface area contributed by atoms with Gasteiger partial charge in [0.15, 0.2) is 0 Å². The molecule has 4 rings (SSSR count). The molecule has 0 heterocycles. The fourth-order valence-corrected chi connectivity index (χ4v) is 6.99. The molecule has 1 saturated carbocycles. The van der Waals surface area contributed by atoms with Crippen LogP contribution in [-0.2, 0) is 22.4 Å². The number of rotatable bonds is 18. The van der Waals surface area contributed by atoms with E-state index in [1.54, 1.807) is 23.1 Å². The van der Waals surface area contributed by atoms with Crippen molar-refractivity contribution in [2.75, 3.05) is 19.6 Å². The highest BCUT2D eigenvalue weighted by molar-refractivity contribution is 5.99. The Hall–Kier alpha value is -4.64. The summed E-state index contributed by atoms with van der Waals surface area (Å²) < 4.78 is 28.5. The third-order valence-corrected chi connectivity index (χ3v) is 9.79. The smallest absolute Gasteiger partial charge is 0.306 e. The Labute approximate surface area is 304 Å². The van der Waals surface area contributed by atoms with Gasteiger partial charge in [0.05, 0.1) is 18.1 Å². The molecule has 4 N–H and O–H groups in total. The first kappa shape index (κ1) is 40.1. The summed E-state index contributed by atoms with van der Waals surface area (Å²) in [6.07, 6.45) is 2.81. The van der Waals surface area contributed by atoms with Crippen LogP contribution >= 0.6 is 0 Å². The second-order valence-corrected chi connectivity index (χ2v) is 13.9. The normalized spacial score (nSPS) is 17.4. The number of carbonyl (C=O) groups is 4. The van der Waals surface area contributed by atoms with Gasteiger partial charge in [0.1, 0.15) is 11.6 Å². The fraction of sp³-hybridized carbons (Fsp3) is 0.463. The minimum atomic E-state index is -1.31. The molecule has 3 aromatic rings. The van der Waals surface area contributed by atoms with Crippen molar-refractivity contribution in [3.8, 4) is 0 Å². The Bertz CT molecular complexity index is 1620. The van der Waals surface area contributed by atoms with Crippen molar-refractivity contribution in [3.05, 3.63) is 107 Å². The zero-order valence-electron chi connectivity index (χ0n) is 30.0. The van der Waals surface area contributed by atoms with Crippen LogP contribution in [0.4, 0.5) is 8.78 Å². The van der Waals surface area contributed by atoms with Crippen LogP contribution in [0, 0.1) is 29.4 Å². The molecule has 0 bridgehead atoms. The molecule has 3 aromatic carbocycles. The van der Waals surface area contributed by atoms with E-state index in [1.165, 1.54) is 6.07 Å². The van der Waals surface area contributed by atoms with E-state index in [1.807, 2.05) is 44.2 Å². The predicted molar refractivity (Wildman–Crippen MR) is 195 cm³/mol. The van der Waals surface area contributed by atoms with Gasteiger partial charge >= 0.3 is 5.97 Å². The van der Waals surface area contributed by atoms with Gasteiger partial charge in [0, 0.05) is 42.7 Å². The topological polar surface area (TPSA) is 136 Å². The molecule has 280 valence electrons. The van der Waals surface area contributed by atoms with Gasteiger partial charge in [0.2, 0.25) is 5.91 Å². The number of amides is 3. The average molecular weight is 720 g/mol. The monoisotopic (exact) mass is 719 g/mol. The van der Waals surface area contributed by atoms with Crippen molar-refractivity contribution in [3.63, 3.8) is 0 Å². The molecule has 0 saturated heterocycles. The molecule has 1 aliphatic rings. The summed E-state index contributed by atoms with van der Waals surface area (Å²) in [5.41, 5.74) is 1.60. The Morgan fingerprint density at radius 1 is 0.808 bits per heavy atom. The minimum absolute atomic E-state index is 0.0727. The van der Waals surface area contributed by atoms with Crippen LogP contribution in [0.25, 0.3) is 0 Å². The Balaban J connectivity index is 1.55. The molecule has 0 aromatic heterocycles. The van der Waals surface area contributed by atoms with Crippen molar-refractivity contribution in [1.82, 2.24) is 15.5 Å². The summed E-state index contributed by atoms with van der Waals surface area (Å²) in [6, 6.07) is 17.6. The summed E-state index contributed by atoms with van der Waals surface area (Å²) in [5.74, 6) is -4.44. The maximum Gasteiger partial charge on any atom is 0.306 e. The number of carbonyl (C=O) groups excluding carboxylic acids is 3. The minimum Gasteiger partial charge on any atom is -0.481 e. The maximum atomic E-state index is 14.3. The summed E-state index contributed by atoms with van der Waals surface area (Å²) >= 11 is 0. The van der Waals surface area contributed by atoms with Crippen LogP contribution in [-0.4, -0.2) is 70.6 Å². The van der Waals surface area contributed by atoms with E-state index in [0.717, 1.165) is 36.6 Å². The third-order valence-electron chi connectivity index (χ3n) is 9.79. The number of aliphatic carboxylic acids is 1. The van der Waals surface area contributed by atoms with E-state index >= 15 is 0 Å². The van der Waals surface area contributed by atoms with Crippen LogP contribution in [0.3, 0.4) is 0 Å². The van der Waals surface area contributed by atoms with Crippen molar-refractivity contribution in [1.29, 1.82) is 0 Å². The molecule has 3 atom stereocenters. The molecule has 52 heavy (non-hydrogen) atoms. The van der Waals surface area contributed by atoms with Crippen molar-refractivity contribution >= 4 is 23.7 Å². The second-order valence-electron chi connectivity index (χ2n) is 13.9. The van der Waals surface area contributed by atoms with Gasteiger partial charge in [0.25, 0.3) is 11.8 Å². The standard InChI is InChI=1S/C41H51F2N3O6/c1-3-17-46(18-4-2)40(50)32-12-8-11-31(23-32)39(49)45-36(22-29-20-34(42)25-35(43)21-29)37(47)24-33(19-27-9-6-5-7-10-27)38(48)44-26-28-13-15-30(16-14-28)41(51)52/h5-12,20-21,23,25,28,30,33,36-37,47H,3-4,13-19,22,24,26H2,1-2H3,(H,44,48)(H,45,49)(H,51,52)/t28?,30?,33-,36-,37-/m0/s1. The SMILES string of the molecule is CCCN(CCC)C(=O)c1cccc(C(=O)N[C@@H](Cc2cc(F)cc(F)c2)[C@@H](O)C[C@H](Cc2ccccc2)C(=O)NCC2CCC(C(=O)O)CC2)c1. The van der Waals surface area contributed by atoms with Crippen LogP contribution in [0.15, 0.2) is 72.8 Å². The maximum absolute atomic E-state index is 14.3. The van der Waals surface area contributed by atoms with E-state index < -0.39 is 41.6 Å². The van der Waals surface area contributed by atoms with Gasteiger partial charge in [-0.05, 0) is 105 Å². The van der Waals surface area contributed by atoms with E-state index in [-0.39, 0.29) is 47.6 Å². The highest BCUT2D eigenvalue weighted by Crippen LogP contribution is 2.29. The lowest BCUT2D eigenvalue weighted by atomic mass is 9.82. The number of carboxylic acid groups (broad SMARTS) is 1. The number of halogens is 2. The van der Waals surface area contributed by atoms with E-state index in [9.17, 15) is 38.2 Å². The van der Waals surface area contributed by atoms with Gasteiger partial charge in [-0.15, -0.1) is 0 Å². The predicted octanol–water partition coefficient (Wildman–Crippen LogP) is 6.19. The van der Waals surface area contributed by atoms with Gasteiger partial charge in [-0.1, -0.05) is 50.2 Å². The molecule has 0 unspecified atom stereocenters. The molecule has 1 aliphatic carbocycles. The van der Waals surface area contributed by atoms with E-state index in [0.29, 0.717) is 57.3 Å². The van der Waals surface area contributed by atoms with Crippen LogP contribution in [0.2, 0.25) is 0 Å². The average Bonchev–Trinajstić information content (AvgIpc) is 3.13. The molecule has 11 heteroatoms. The quantitative estimate of drug-likeness (QED) is 0.124.